The van der Waals surface area contributed by atoms with E-state index in [-0.39, 0.29) is 5.60 Å². The van der Waals surface area contributed by atoms with Gasteiger partial charge in [0.2, 0.25) is 0 Å². The molecule has 2 aliphatic rings. The second kappa shape index (κ2) is 2.24. The van der Waals surface area contributed by atoms with Gasteiger partial charge in [-0.15, -0.1) is 0 Å². The van der Waals surface area contributed by atoms with Crippen molar-refractivity contribution in [2.45, 2.75) is 38.0 Å². The molecule has 2 rings (SSSR count). The van der Waals surface area contributed by atoms with Crippen LogP contribution in [0.3, 0.4) is 0 Å². The van der Waals surface area contributed by atoms with Gasteiger partial charge >= 0.3 is 0 Å². The van der Waals surface area contributed by atoms with Crippen LogP contribution in [-0.4, -0.2) is 32.2 Å². The molecule has 0 aromatic carbocycles. The van der Waals surface area contributed by atoms with E-state index in [1.54, 1.807) is 0 Å². The first-order chi connectivity index (χ1) is 5.19. The van der Waals surface area contributed by atoms with Crippen molar-refractivity contribution in [2.75, 3.05) is 6.61 Å². The molecule has 2 bridgehead atoms. The van der Waals surface area contributed by atoms with E-state index in [1.165, 1.54) is 0 Å². The summed E-state index contributed by atoms with van der Waals surface area (Å²) in [5.74, 6) is 0.586. The van der Waals surface area contributed by atoms with Gasteiger partial charge in [-0.3, -0.25) is 0 Å². The zero-order valence-electron chi connectivity index (χ0n) is 7.46. The standard InChI is InChI=1S/C8H15BO2/c1-3-8-4-10-6(5(8)2)7(9)11-8/h5-7H,3-4,9H2,1-2H3/t5?,6-,7+,8-/m0/s1. The van der Waals surface area contributed by atoms with Crippen LogP contribution in [0.5, 0.6) is 0 Å². The Balaban J connectivity index is 2.24. The molecule has 0 aromatic rings. The van der Waals surface area contributed by atoms with Crippen molar-refractivity contribution in [2.24, 2.45) is 5.92 Å². The van der Waals surface area contributed by atoms with E-state index in [9.17, 15) is 0 Å². The Hall–Kier alpha value is -0.0151. The number of hydrogen-bond acceptors (Lipinski definition) is 2. The van der Waals surface area contributed by atoms with Gasteiger partial charge in [-0.1, -0.05) is 13.8 Å². The Labute approximate surface area is 68.7 Å². The summed E-state index contributed by atoms with van der Waals surface area (Å²) in [6.45, 7) is 5.23. The van der Waals surface area contributed by atoms with Gasteiger partial charge in [-0.2, -0.15) is 0 Å². The average Bonchev–Trinajstić information content (AvgIpc) is 2.42. The highest BCUT2D eigenvalue weighted by Crippen LogP contribution is 2.45. The van der Waals surface area contributed by atoms with Crippen LogP contribution in [0.15, 0.2) is 0 Å². The van der Waals surface area contributed by atoms with Gasteiger partial charge in [-0.25, -0.2) is 0 Å². The molecule has 0 amide bonds. The third-order valence-corrected chi connectivity index (χ3v) is 3.32. The first kappa shape index (κ1) is 7.62. The topological polar surface area (TPSA) is 18.5 Å². The van der Waals surface area contributed by atoms with E-state index in [4.69, 9.17) is 9.47 Å². The minimum atomic E-state index is 0.0596. The molecular weight excluding hydrogens is 139 g/mol. The van der Waals surface area contributed by atoms with Crippen molar-refractivity contribution in [1.82, 2.24) is 0 Å². The Morgan fingerprint density at radius 3 is 2.64 bits per heavy atom. The summed E-state index contributed by atoms with van der Waals surface area (Å²) in [5, 5.41) is 0. The summed E-state index contributed by atoms with van der Waals surface area (Å²) >= 11 is 0. The fraction of sp³-hybridized carbons (Fsp3) is 1.00. The molecule has 2 fully saturated rings. The van der Waals surface area contributed by atoms with Gasteiger partial charge in [-0.05, 0) is 6.42 Å². The van der Waals surface area contributed by atoms with Crippen molar-refractivity contribution in [3.8, 4) is 0 Å². The van der Waals surface area contributed by atoms with Gasteiger partial charge in [0.05, 0.1) is 24.3 Å². The normalized spacial score (nSPS) is 55.3. The SMILES string of the molecule is B[C@@H]1O[C@@]2(CC)CO[C@H]1C2C. The highest BCUT2D eigenvalue weighted by Gasteiger charge is 2.56. The quantitative estimate of drug-likeness (QED) is 0.501. The molecule has 2 heterocycles. The average molecular weight is 154 g/mol. The number of fused-ring (bicyclic) bond motifs is 2. The Morgan fingerprint density at radius 1 is 1.64 bits per heavy atom. The molecule has 2 aliphatic heterocycles. The summed E-state index contributed by atoms with van der Waals surface area (Å²) in [4.78, 5) is 0. The van der Waals surface area contributed by atoms with Crippen LogP contribution in [0.4, 0.5) is 0 Å². The van der Waals surface area contributed by atoms with Crippen LogP contribution in [0.25, 0.3) is 0 Å². The van der Waals surface area contributed by atoms with E-state index in [2.05, 4.69) is 21.7 Å². The third-order valence-electron chi connectivity index (χ3n) is 3.32. The zero-order chi connectivity index (χ0) is 8.06. The number of hydrogen-bond donors (Lipinski definition) is 0. The monoisotopic (exact) mass is 154 g/mol. The summed E-state index contributed by atoms with van der Waals surface area (Å²) in [5.41, 5.74) is 0.0596. The summed E-state index contributed by atoms with van der Waals surface area (Å²) < 4.78 is 11.5. The summed E-state index contributed by atoms with van der Waals surface area (Å²) in [6.07, 6.45) is 1.43. The van der Waals surface area contributed by atoms with Crippen molar-refractivity contribution < 1.29 is 9.47 Å². The molecule has 62 valence electrons. The molecule has 0 saturated carbocycles. The molecule has 4 atom stereocenters. The van der Waals surface area contributed by atoms with Gasteiger partial charge in [0.1, 0.15) is 7.85 Å². The van der Waals surface area contributed by atoms with Crippen molar-refractivity contribution >= 4 is 7.85 Å². The Morgan fingerprint density at radius 2 is 2.36 bits per heavy atom. The molecule has 1 unspecified atom stereocenters. The highest BCUT2D eigenvalue weighted by atomic mass is 16.6. The molecule has 0 spiro atoms. The fourth-order valence-electron chi connectivity index (χ4n) is 2.44. The molecule has 2 nitrogen and oxygen atoms in total. The number of rotatable bonds is 1. The van der Waals surface area contributed by atoms with E-state index >= 15 is 0 Å². The maximum Gasteiger partial charge on any atom is 0.142 e. The predicted molar refractivity (Wildman–Crippen MR) is 45.3 cm³/mol. The lowest BCUT2D eigenvalue weighted by atomic mass is 9.85. The summed E-state index contributed by atoms with van der Waals surface area (Å²) in [6, 6.07) is 0.304. The first-order valence-electron chi connectivity index (χ1n) is 4.49. The van der Waals surface area contributed by atoms with E-state index < -0.39 is 0 Å². The molecule has 0 aliphatic carbocycles. The van der Waals surface area contributed by atoms with Crippen LogP contribution in [-0.2, 0) is 9.47 Å². The van der Waals surface area contributed by atoms with Crippen LogP contribution >= 0.6 is 0 Å². The third kappa shape index (κ3) is 0.813. The zero-order valence-corrected chi connectivity index (χ0v) is 7.46. The molecule has 11 heavy (non-hydrogen) atoms. The Kier molecular flexibility index (Phi) is 1.55. The van der Waals surface area contributed by atoms with Gasteiger partial charge in [0, 0.05) is 5.92 Å². The van der Waals surface area contributed by atoms with Crippen molar-refractivity contribution in [3.05, 3.63) is 0 Å². The highest BCUT2D eigenvalue weighted by molar-refractivity contribution is 6.11. The molecule has 3 heteroatoms. The largest absolute Gasteiger partial charge is 0.375 e. The van der Waals surface area contributed by atoms with Crippen LogP contribution in [0, 0.1) is 5.92 Å². The van der Waals surface area contributed by atoms with Gasteiger partial charge in [0.15, 0.2) is 0 Å². The fourth-order valence-corrected chi connectivity index (χ4v) is 2.44. The molecular formula is C8H15BO2. The maximum atomic E-state index is 5.88. The first-order valence-corrected chi connectivity index (χ1v) is 4.49. The van der Waals surface area contributed by atoms with E-state index in [1.807, 2.05) is 0 Å². The van der Waals surface area contributed by atoms with Crippen LogP contribution in [0.1, 0.15) is 20.3 Å². The Bertz CT molecular complexity index is 173. The lowest BCUT2D eigenvalue weighted by Gasteiger charge is -2.29. The van der Waals surface area contributed by atoms with Crippen LogP contribution < -0.4 is 0 Å². The lowest BCUT2D eigenvalue weighted by molar-refractivity contribution is -0.115. The van der Waals surface area contributed by atoms with Gasteiger partial charge < -0.3 is 9.47 Å². The van der Waals surface area contributed by atoms with E-state index in [0.29, 0.717) is 18.0 Å². The molecule has 0 N–H and O–H groups in total. The number of ether oxygens (including phenoxy) is 2. The van der Waals surface area contributed by atoms with Gasteiger partial charge in [0.25, 0.3) is 0 Å². The lowest BCUT2D eigenvalue weighted by Crippen LogP contribution is -2.37. The molecule has 2 saturated heterocycles. The smallest absolute Gasteiger partial charge is 0.142 e. The van der Waals surface area contributed by atoms with Crippen molar-refractivity contribution in [1.29, 1.82) is 0 Å². The minimum absolute atomic E-state index is 0.0596. The molecule has 0 aromatic heterocycles. The second-order valence-corrected chi connectivity index (χ2v) is 3.81. The van der Waals surface area contributed by atoms with E-state index in [0.717, 1.165) is 13.0 Å². The van der Waals surface area contributed by atoms with Crippen LogP contribution in [0.2, 0.25) is 0 Å². The molecule has 0 radical (unpaired) electrons. The predicted octanol–water partition coefficient (Wildman–Crippen LogP) is 0.159. The second-order valence-electron chi connectivity index (χ2n) is 3.81. The minimum Gasteiger partial charge on any atom is -0.375 e. The summed E-state index contributed by atoms with van der Waals surface area (Å²) in [7, 11) is 2.11. The van der Waals surface area contributed by atoms with Crippen molar-refractivity contribution in [3.63, 3.8) is 0 Å². The maximum absolute atomic E-state index is 5.88.